The van der Waals surface area contributed by atoms with Gasteiger partial charge in [-0.15, -0.1) is 0 Å². The molecular weight excluding hydrogens is 753 g/mol. The number of nitrogens with zero attached hydrogens (tertiary/aromatic N) is 4. The minimum absolute atomic E-state index is 0.524. The van der Waals surface area contributed by atoms with Gasteiger partial charge in [-0.05, 0) is 103 Å². The fraction of sp³-hybridized carbons (Fsp3) is 0.0172. The first-order chi connectivity index (χ1) is 30.6. The molecule has 0 radical (unpaired) electrons. The summed E-state index contributed by atoms with van der Waals surface area (Å²) in [6, 6.07) is 70.7. The van der Waals surface area contributed by atoms with Crippen LogP contribution in [0.4, 0.5) is 0 Å². The Morgan fingerprint density at radius 2 is 0.887 bits per heavy atom. The van der Waals surface area contributed by atoms with Gasteiger partial charge < -0.3 is 0 Å². The Labute approximate surface area is 359 Å². The summed E-state index contributed by atoms with van der Waals surface area (Å²) < 4.78 is 2.06. The van der Waals surface area contributed by atoms with Crippen molar-refractivity contribution in [2.45, 2.75) is 6.92 Å². The first kappa shape index (κ1) is 36.8. The molecule has 11 rings (SSSR count). The molecule has 0 unspecified atom stereocenters. The van der Waals surface area contributed by atoms with Crippen molar-refractivity contribution in [3.05, 3.63) is 222 Å². The first-order valence-electron chi connectivity index (χ1n) is 21.0. The summed E-state index contributed by atoms with van der Waals surface area (Å²) in [5.41, 5.74) is 9.72. The molecule has 0 N–H and O–H groups in total. The van der Waals surface area contributed by atoms with Crippen LogP contribution in [0.5, 0.6) is 0 Å². The van der Waals surface area contributed by atoms with E-state index < -0.39 is 0 Å². The van der Waals surface area contributed by atoms with Crippen molar-refractivity contribution in [1.82, 2.24) is 19.5 Å². The molecule has 0 bridgehead atoms. The fourth-order valence-electron chi connectivity index (χ4n) is 8.94. The highest BCUT2D eigenvalue weighted by Crippen LogP contribution is 2.38. The van der Waals surface area contributed by atoms with Gasteiger partial charge in [0.15, 0.2) is 11.6 Å². The molecule has 9 aromatic carbocycles. The van der Waals surface area contributed by atoms with Crippen LogP contribution in [-0.2, 0) is 0 Å². The van der Waals surface area contributed by atoms with Crippen LogP contribution in [0, 0.1) is 0 Å². The van der Waals surface area contributed by atoms with Gasteiger partial charge in [0.1, 0.15) is 0 Å². The molecule has 0 spiro atoms. The molecule has 0 saturated heterocycles. The molecule has 0 atom stereocenters. The molecule has 0 saturated carbocycles. The average molecular weight is 793 g/mol. The Balaban J connectivity index is 0.994. The molecule has 0 aliphatic rings. The maximum absolute atomic E-state index is 5.07. The van der Waals surface area contributed by atoms with E-state index in [0.717, 1.165) is 54.9 Å². The van der Waals surface area contributed by atoms with Gasteiger partial charge >= 0.3 is 0 Å². The second-order valence-corrected chi connectivity index (χ2v) is 15.6. The van der Waals surface area contributed by atoms with Crippen LogP contribution in [0.25, 0.3) is 112 Å². The van der Waals surface area contributed by atoms with E-state index in [1.54, 1.807) is 0 Å². The van der Waals surface area contributed by atoms with E-state index in [-0.39, 0.29) is 0 Å². The highest BCUT2D eigenvalue weighted by molar-refractivity contribution is 6.25. The Morgan fingerprint density at radius 1 is 0.419 bits per heavy atom. The lowest BCUT2D eigenvalue weighted by Crippen LogP contribution is -2.28. The van der Waals surface area contributed by atoms with E-state index in [0.29, 0.717) is 17.6 Å². The molecule has 0 amide bonds. The van der Waals surface area contributed by atoms with E-state index in [1.165, 1.54) is 43.4 Å². The molecule has 0 aliphatic carbocycles. The fourth-order valence-corrected chi connectivity index (χ4v) is 8.94. The maximum atomic E-state index is 5.07. The smallest absolute Gasteiger partial charge is 0.238 e. The summed E-state index contributed by atoms with van der Waals surface area (Å²) in [5, 5.41) is 10.6. The molecule has 4 heteroatoms. The Kier molecular flexibility index (Phi) is 9.17. The number of rotatable bonds is 7. The van der Waals surface area contributed by atoms with Crippen molar-refractivity contribution in [3.63, 3.8) is 0 Å². The number of hydrogen-bond acceptors (Lipinski definition) is 3. The lowest BCUT2D eigenvalue weighted by molar-refractivity contribution is 0.912. The lowest BCUT2D eigenvalue weighted by atomic mass is 9.91. The molecule has 2 heterocycles. The predicted molar refractivity (Wildman–Crippen MR) is 260 cm³/mol. The predicted octanol–water partition coefficient (Wildman–Crippen LogP) is 13.2. The van der Waals surface area contributed by atoms with Crippen molar-refractivity contribution < 1.29 is 0 Å². The monoisotopic (exact) mass is 792 g/mol. The largest absolute Gasteiger partial charge is 0.278 e. The van der Waals surface area contributed by atoms with Crippen LogP contribution < -0.4 is 10.6 Å². The van der Waals surface area contributed by atoms with Crippen LogP contribution in [0.2, 0.25) is 0 Å². The molecule has 62 heavy (non-hydrogen) atoms. The molecular formula is C58H40N4. The molecule has 11 aromatic rings. The summed E-state index contributed by atoms with van der Waals surface area (Å²) in [6.45, 7) is 6.77. The number of allylic oxidation sites excluding steroid dienone is 2. The van der Waals surface area contributed by atoms with Crippen molar-refractivity contribution in [2.75, 3.05) is 0 Å². The van der Waals surface area contributed by atoms with Gasteiger partial charge in [0.25, 0.3) is 0 Å². The average Bonchev–Trinajstić information content (AvgIpc) is 3.63. The summed E-state index contributed by atoms with van der Waals surface area (Å²) in [5.74, 6) is 1.74. The number of fused-ring (bicyclic) bond motifs is 7. The summed E-state index contributed by atoms with van der Waals surface area (Å²) in [6.07, 6.45) is 4.42. The van der Waals surface area contributed by atoms with E-state index >= 15 is 0 Å². The number of benzene rings is 9. The first-order valence-corrected chi connectivity index (χ1v) is 21.0. The van der Waals surface area contributed by atoms with Crippen molar-refractivity contribution >= 4 is 61.4 Å². The maximum Gasteiger partial charge on any atom is 0.238 e. The summed E-state index contributed by atoms with van der Waals surface area (Å²) >= 11 is 0. The van der Waals surface area contributed by atoms with Gasteiger partial charge in [0, 0.05) is 27.1 Å². The second-order valence-electron chi connectivity index (χ2n) is 15.6. The van der Waals surface area contributed by atoms with Crippen LogP contribution in [0.15, 0.2) is 206 Å². The van der Waals surface area contributed by atoms with Crippen molar-refractivity contribution in [3.8, 4) is 51.0 Å². The Morgan fingerprint density at radius 3 is 1.48 bits per heavy atom. The van der Waals surface area contributed by atoms with Crippen LogP contribution in [0.3, 0.4) is 0 Å². The minimum Gasteiger partial charge on any atom is -0.278 e. The minimum atomic E-state index is 0.524. The topological polar surface area (TPSA) is 43.6 Å². The van der Waals surface area contributed by atoms with E-state index in [2.05, 4.69) is 170 Å². The molecule has 2 aromatic heterocycles. The molecule has 0 fully saturated rings. The quantitative estimate of drug-likeness (QED) is 0.151. The zero-order valence-electron chi connectivity index (χ0n) is 34.2. The normalized spacial score (nSPS) is 12.2. The lowest BCUT2D eigenvalue weighted by Gasteiger charge is -2.13. The molecule has 0 aliphatic heterocycles. The van der Waals surface area contributed by atoms with Gasteiger partial charge in [-0.3, -0.25) is 4.57 Å². The third kappa shape index (κ3) is 6.46. The zero-order valence-corrected chi connectivity index (χ0v) is 34.2. The van der Waals surface area contributed by atoms with Gasteiger partial charge in [-0.2, -0.15) is 9.97 Å². The summed E-state index contributed by atoms with van der Waals surface area (Å²) in [7, 11) is 0. The standard InChI is InChI=1S/C58H40N4/c1-3-39(36-53-38(2)62(55-31-15-14-30-52(53)55)58-60-56(40-18-6-4-7-19-40)59-57(61-58)41-20-8-5-9-21-41)42-22-16-23-43(34-42)44-24-17-25-45(35-44)46-32-33-51-49-28-11-10-26-47(49)48-27-12-13-29-50(48)54(51)37-46/h3-37H,2H2,1H3/b39-3+,53-36+. The van der Waals surface area contributed by atoms with E-state index in [4.69, 9.17) is 15.0 Å². The third-order valence-electron chi connectivity index (χ3n) is 12.0. The highest BCUT2D eigenvalue weighted by Gasteiger charge is 2.17. The molecule has 292 valence electrons. The van der Waals surface area contributed by atoms with Crippen LogP contribution in [-0.4, -0.2) is 19.5 Å². The third-order valence-corrected chi connectivity index (χ3v) is 12.0. The number of aromatic nitrogens is 4. The van der Waals surface area contributed by atoms with Gasteiger partial charge in [-0.25, -0.2) is 4.98 Å². The molecule has 4 nitrogen and oxygen atoms in total. The van der Waals surface area contributed by atoms with Crippen molar-refractivity contribution in [1.29, 1.82) is 0 Å². The Hall–Kier alpha value is -8.21. The number of para-hydroxylation sites is 1. The Bertz CT molecular complexity index is 3570. The van der Waals surface area contributed by atoms with Gasteiger partial charge in [0.2, 0.25) is 5.95 Å². The van der Waals surface area contributed by atoms with Gasteiger partial charge in [-0.1, -0.05) is 189 Å². The van der Waals surface area contributed by atoms with E-state index in [1.807, 2.05) is 60.7 Å². The highest BCUT2D eigenvalue weighted by atomic mass is 15.2. The van der Waals surface area contributed by atoms with E-state index in [9.17, 15) is 0 Å². The zero-order chi connectivity index (χ0) is 41.6. The van der Waals surface area contributed by atoms with Gasteiger partial charge in [0.05, 0.1) is 5.52 Å². The second kappa shape index (κ2) is 15.4. The van der Waals surface area contributed by atoms with Crippen LogP contribution in [0.1, 0.15) is 12.5 Å². The number of hydrogen-bond donors (Lipinski definition) is 0. The summed E-state index contributed by atoms with van der Waals surface area (Å²) in [4.78, 5) is 15.1. The SMILES string of the molecule is C=c1/c(=C\C(=C/C)c2cccc(-c3cccc(-c4ccc5c6ccccc6c6ccccc6c5c4)c3)c2)c2ccccc2n1-c1nc(-c2ccccc2)nc(-c2ccccc2)n1. The van der Waals surface area contributed by atoms with Crippen LogP contribution >= 0.6 is 0 Å². The van der Waals surface area contributed by atoms with Crippen molar-refractivity contribution in [2.24, 2.45) is 0 Å².